The molecular weight excluding hydrogens is 389 g/mol. The molecule has 4 aliphatic heterocycles. The molecule has 6 atom stereocenters. The lowest BCUT2D eigenvalue weighted by Gasteiger charge is -2.44. The van der Waals surface area contributed by atoms with Gasteiger partial charge >= 0.3 is 6.18 Å². The summed E-state index contributed by atoms with van der Waals surface area (Å²) in [4.78, 5) is 26.3. The number of nitriles is 1. The van der Waals surface area contributed by atoms with Crippen molar-refractivity contribution in [3.05, 3.63) is 29.3 Å². The van der Waals surface area contributed by atoms with Gasteiger partial charge in [0, 0.05) is 23.9 Å². The number of hydrogen-bond donors (Lipinski definition) is 0. The van der Waals surface area contributed by atoms with Gasteiger partial charge in [-0.1, -0.05) is 0 Å². The van der Waals surface area contributed by atoms with E-state index in [1.807, 2.05) is 0 Å². The minimum Gasteiger partial charge on any atom is -0.367 e. The zero-order valence-electron chi connectivity index (χ0n) is 15.4. The van der Waals surface area contributed by atoms with Gasteiger partial charge in [0.1, 0.15) is 12.5 Å². The van der Waals surface area contributed by atoms with Gasteiger partial charge < -0.3 is 14.3 Å². The largest absolute Gasteiger partial charge is 0.417 e. The van der Waals surface area contributed by atoms with E-state index in [1.165, 1.54) is 11.0 Å². The van der Waals surface area contributed by atoms with Crippen LogP contribution in [0.4, 0.5) is 18.9 Å². The van der Waals surface area contributed by atoms with Crippen LogP contribution in [0.5, 0.6) is 0 Å². The number of anilines is 1. The smallest absolute Gasteiger partial charge is 0.367 e. The first-order valence-corrected chi connectivity index (χ1v) is 9.38. The average molecular weight is 406 g/mol. The van der Waals surface area contributed by atoms with Crippen LogP contribution in [0.15, 0.2) is 18.2 Å². The summed E-state index contributed by atoms with van der Waals surface area (Å²) >= 11 is 0. The van der Waals surface area contributed by atoms with Crippen molar-refractivity contribution < 1.29 is 32.2 Å². The second-order valence-electron chi connectivity index (χ2n) is 8.38. The molecule has 1 amide bonds. The van der Waals surface area contributed by atoms with Gasteiger partial charge in [0.05, 0.1) is 40.9 Å². The van der Waals surface area contributed by atoms with E-state index in [2.05, 4.69) is 0 Å². The third-order valence-electron chi connectivity index (χ3n) is 6.98. The Kier molecular flexibility index (Phi) is 3.58. The van der Waals surface area contributed by atoms with Crippen molar-refractivity contribution in [1.29, 1.82) is 5.26 Å². The number of rotatable bonds is 2. The highest BCUT2D eigenvalue weighted by Crippen LogP contribution is 2.66. The molecule has 4 aliphatic rings. The molecule has 1 spiro atoms. The van der Waals surface area contributed by atoms with Crippen molar-refractivity contribution in [2.45, 2.75) is 43.4 Å². The van der Waals surface area contributed by atoms with Crippen LogP contribution in [0.3, 0.4) is 0 Å². The van der Waals surface area contributed by atoms with Crippen LogP contribution in [0.2, 0.25) is 0 Å². The summed E-state index contributed by atoms with van der Waals surface area (Å²) in [6, 6.07) is 4.77. The zero-order valence-corrected chi connectivity index (χ0v) is 15.4. The molecular formula is C20H17F3N2O4. The molecule has 29 heavy (non-hydrogen) atoms. The first kappa shape index (κ1) is 18.6. The van der Waals surface area contributed by atoms with Crippen LogP contribution < -0.4 is 4.90 Å². The highest BCUT2D eigenvalue weighted by molar-refractivity contribution is 6.00. The standard InChI is InChI=1S/C20H17F3N2O4/c1-18-7-11(9-26)19(29-18)4-5-28-17-15(19)14(18)16(27)25(17)12-3-2-10(8-24)13(6-12)20(21,22)23/h2-3,6,9,11,14-15,17H,4-5,7H2,1H3/t11-,14-,15+,17+,18-,19+/m1/s1. The summed E-state index contributed by atoms with van der Waals surface area (Å²) in [6.07, 6.45) is -3.80. The molecule has 0 aromatic heterocycles. The third kappa shape index (κ3) is 2.19. The molecule has 2 bridgehead atoms. The Labute approximate surface area is 164 Å². The lowest BCUT2D eigenvalue weighted by atomic mass is 9.61. The molecule has 4 saturated heterocycles. The van der Waals surface area contributed by atoms with E-state index in [0.717, 1.165) is 18.4 Å². The maximum Gasteiger partial charge on any atom is 0.417 e. The van der Waals surface area contributed by atoms with Gasteiger partial charge in [0.25, 0.3) is 0 Å². The first-order chi connectivity index (χ1) is 13.7. The maximum atomic E-state index is 13.4. The molecule has 6 nitrogen and oxygen atoms in total. The third-order valence-corrected chi connectivity index (χ3v) is 6.98. The SMILES string of the molecule is C[C@@]12C[C@H](C=O)[C@]3(CCO[C@H]4[C@@H]3[C@@H]1C(=O)N4c1ccc(C#N)c(C(F)(F)F)c1)O2. The van der Waals surface area contributed by atoms with Gasteiger partial charge in [-0.25, -0.2) is 0 Å². The van der Waals surface area contributed by atoms with Crippen LogP contribution in [0, 0.1) is 29.1 Å². The van der Waals surface area contributed by atoms with Crippen LogP contribution in [0.1, 0.15) is 30.9 Å². The number of ether oxygens (including phenoxy) is 2. The van der Waals surface area contributed by atoms with Crippen molar-refractivity contribution in [1.82, 2.24) is 0 Å². The summed E-state index contributed by atoms with van der Waals surface area (Å²) in [7, 11) is 0. The number of alkyl halides is 3. The molecule has 9 heteroatoms. The molecule has 4 fully saturated rings. The Morgan fingerprint density at radius 1 is 1.38 bits per heavy atom. The van der Waals surface area contributed by atoms with Gasteiger partial charge in [-0.05, 0) is 31.5 Å². The fourth-order valence-corrected chi connectivity index (χ4v) is 5.96. The molecule has 0 unspecified atom stereocenters. The van der Waals surface area contributed by atoms with E-state index in [1.54, 1.807) is 13.0 Å². The second-order valence-corrected chi connectivity index (χ2v) is 8.38. The van der Waals surface area contributed by atoms with Crippen LogP contribution in [-0.2, 0) is 25.2 Å². The number of benzene rings is 1. The molecule has 5 rings (SSSR count). The molecule has 0 N–H and O–H groups in total. The number of fused-ring (bicyclic) bond motifs is 2. The van der Waals surface area contributed by atoms with Gasteiger partial charge in [0.15, 0.2) is 0 Å². The van der Waals surface area contributed by atoms with E-state index >= 15 is 0 Å². The van der Waals surface area contributed by atoms with Gasteiger partial charge in [-0.3, -0.25) is 9.69 Å². The number of hydrogen-bond acceptors (Lipinski definition) is 5. The molecule has 0 aliphatic carbocycles. The first-order valence-electron chi connectivity index (χ1n) is 9.38. The lowest BCUT2D eigenvalue weighted by molar-refractivity contribution is -0.153. The number of carbonyl (C=O) groups excluding carboxylic acids is 2. The molecule has 1 aromatic rings. The monoisotopic (exact) mass is 406 g/mol. The molecule has 4 heterocycles. The van der Waals surface area contributed by atoms with Crippen molar-refractivity contribution in [2.75, 3.05) is 11.5 Å². The summed E-state index contributed by atoms with van der Waals surface area (Å²) in [6.45, 7) is 2.03. The molecule has 1 aromatic carbocycles. The normalized spacial score (nSPS) is 40.1. The number of aldehydes is 1. The van der Waals surface area contributed by atoms with Crippen molar-refractivity contribution in [2.24, 2.45) is 17.8 Å². The van der Waals surface area contributed by atoms with Crippen LogP contribution in [0.25, 0.3) is 0 Å². The molecule has 152 valence electrons. The van der Waals surface area contributed by atoms with E-state index in [-0.39, 0.29) is 24.1 Å². The fraction of sp³-hybridized carbons (Fsp3) is 0.550. The Morgan fingerprint density at radius 2 is 2.14 bits per heavy atom. The minimum atomic E-state index is -4.73. The number of amides is 1. The molecule has 0 saturated carbocycles. The number of carbonyl (C=O) groups is 2. The highest BCUT2D eigenvalue weighted by Gasteiger charge is 2.78. The topological polar surface area (TPSA) is 79.6 Å². The summed E-state index contributed by atoms with van der Waals surface area (Å²) < 4.78 is 52.4. The number of halogens is 3. The van der Waals surface area contributed by atoms with E-state index < -0.39 is 46.6 Å². The Morgan fingerprint density at radius 3 is 2.79 bits per heavy atom. The van der Waals surface area contributed by atoms with Gasteiger partial charge in [-0.15, -0.1) is 0 Å². The quantitative estimate of drug-likeness (QED) is 0.706. The lowest BCUT2D eigenvalue weighted by Crippen LogP contribution is -2.55. The van der Waals surface area contributed by atoms with Crippen LogP contribution >= 0.6 is 0 Å². The van der Waals surface area contributed by atoms with Crippen molar-refractivity contribution >= 4 is 17.9 Å². The minimum absolute atomic E-state index is 0.0310. The van der Waals surface area contributed by atoms with E-state index in [4.69, 9.17) is 14.7 Å². The van der Waals surface area contributed by atoms with Crippen molar-refractivity contribution in [3.63, 3.8) is 0 Å². The average Bonchev–Trinajstić information content (AvgIpc) is 3.24. The Balaban J connectivity index is 1.62. The van der Waals surface area contributed by atoms with Gasteiger partial charge in [-0.2, -0.15) is 18.4 Å². The predicted octanol–water partition coefficient (Wildman–Crippen LogP) is 2.65. The Bertz CT molecular complexity index is 973. The van der Waals surface area contributed by atoms with Crippen LogP contribution in [-0.4, -0.2) is 36.2 Å². The summed E-state index contributed by atoms with van der Waals surface area (Å²) in [5.41, 5.74) is -3.25. The molecule has 0 radical (unpaired) electrons. The highest BCUT2D eigenvalue weighted by atomic mass is 19.4. The zero-order chi connectivity index (χ0) is 20.8. The van der Waals surface area contributed by atoms with Crippen molar-refractivity contribution in [3.8, 4) is 6.07 Å². The summed E-state index contributed by atoms with van der Waals surface area (Å²) in [5, 5.41) is 9.03. The fourth-order valence-electron chi connectivity index (χ4n) is 5.96. The van der Waals surface area contributed by atoms with Gasteiger partial charge in [0.2, 0.25) is 5.91 Å². The summed E-state index contributed by atoms with van der Waals surface area (Å²) in [5.74, 6) is -1.76. The second kappa shape index (κ2) is 5.58. The predicted molar refractivity (Wildman–Crippen MR) is 91.4 cm³/mol. The maximum absolute atomic E-state index is 13.4. The van der Waals surface area contributed by atoms with E-state index in [0.29, 0.717) is 12.8 Å². The number of nitrogens with zero attached hydrogens (tertiary/aromatic N) is 2. The Hall–Kier alpha value is -2.44. The van der Waals surface area contributed by atoms with E-state index in [9.17, 15) is 22.8 Å².